The number of Topliss-reactive ketones (excluding diaryl/α,β-unsaturated/α-hetero) is 1. The molecule has 150 valence electrons. The van der Waals surface area contributed by atoms with Gasteiger partial charge in [0.05, 0.1) is 35.8 Å². The predicted octanol–water partition coefficient (Wildman–Crippen LogP) is 3.45. The molecular weight excluding hydrogens is 376 g/mol. The van der Waals surface area contributed by atoms with Crippen LogP contribution in [0.1, 0.15) is 28.9 Å². The summed E-state index contributed by atoms with van der Waals surface area (Å²) in [7, 11) is 1.96. The number of fused-ring (bicyclic) bond motifs is 1. The van der Waals surface area contributed by atoms with Crippen molar-refractivity contribution in [1.29, 1.82) is 0 Å². The van der Waals surface area contributed by atoms with Gasteiger partial charge in [0.2, 0.25) is 0 Å². The summed E-state index contributed by atoms with van der Waals surface area (Å²) in [6, 6.07) is 11.6. The number of hydrogen-bond acceptors (Lipinski definition) is 6. The molecule has 0 atom stereocenters. The van der Waals surface area contributed by atoms with Gasteiger partial charge < -0.3 is 9.47 Å². The summed E-state index contributed by atoms with van der Waals surface area (Å²) in [6.07, 6.45) is 7.89. The van der Waals surface area contributed by atoms with Gasteiger partial charge in [-0.2, -0.15) is 10.2 Å². The minimum Gasteiger partial charge on any atom is -0.357 e. The third-order valence-corrected chi connectivity index (χ3v) is 5.59. The van der Waals surface area contributed by atoms with Crippen LogP contribution >= 0.6 is 0 Å². The standard InChI is InChI=1S/C23H22N6O/c1-28-15-24-14-21(28)16-4-5-20-18(10-16)11-19(26-27-20)13-22(30)17-6-7-25-23(12-17)29-8-2-3-9-29/h4-7,10-12,14-15H,2-3,8-9,13H2,1H3. The number of aryl methyl sites for hydroxylation is 1. The number of imidazole rings is 1. The Morgan fingerprint density at radius 1 is 1.07 bits per heavy atom. The van der Waals surface area contributed by atoms with Crippen LogP contribution in [-0.4, -0.2) is 43.6 Å². The largest absolute Gasteiger partial charge is 0.357 e. The van der Waals surface area contributed by atoms with Crippen molar-refractivity contribution in [2.75, 3.05) is 18.0 Å². The van der Waals surface area contributed by atoms with Gasteiger partial charge in [0.25, 0.3) is 0 Å². The number of anilines is 1. The molecule has 0 bridgehead atoms. The van der Waals surface area contributed by atoms with E-state index in [-0.39, 0.29) is 12.2 Å². The summed E-state index contributed by atoms with van der Waals surface area (Å²) in [5.74, 6) is 0.901. The van der Waals surface area contributed by atoms with Crippen LogP contribution in [0.2, 0.25) is 0 Å². The van der Waals surface area contributed by atoms with E-state index in [1.54, 1.807) is 18.6 Å². The van der Waals surface area contributed by atoms with E-state index in [2.05, 4.69) is 31.1 Å². The van der Waals surface area contributed by atoms with Gasteiger partial charge in [-0.15, -0.1) is 0 Å². The number of pyridine rings is 1. The SMILES string of the molecule is Cn1cncc1-c1ccc2nnc(CC(=O)c3ccnc(N4CCCC4)c3)cc2c1. The first kappa shape index (κ1) is 18.4. The molecule has 0 saturated carbocycles. The lowest BCUT2D eigenvalue weighted by Gasteiger charge is -2.16. The van der Waals surface area contributed by atoms with Crippen molar-refractivity contribution in [3.05, 3.63) is 66.4 Å². The minimum absolute atomic E-state index is 0.0225. The molecule has 1 aliphatic rings. The van der Waals surface area contributed by atoms with E-state index in [9.17, 15) is 4.79 Å². The molecule has 3 aromatic heterocycles. The highest BCUT2D eigenvalue weighted by atomic mass is 16.1. The fourth-order valence-electron chi connectivity index (χ4n) is 3.95. The van der Waals surface area contributed by atoms with E-state index in [1.807, 2.05) is 42.1 Å². The second kappa shape index (κ2) is 7.67. The molecule has 0 N–H and O–H groups in total. The van der Waals surface area contributed by atoms with Crippen LogP contribution in [0.15, 0.2) is 55.1 Å². The average Bonchev–Trinajstić information content (AvgIpc) is 3.45. The number of hydrogen-bond donors (Lipinski definition) is 0. The van der Waals surface area contributed by atoms with E-state index < -0.39 is 0 Å². The van der Waals surface area contributed by atoms with Crippen molar-refractivity contribution >= 4 is 22.5 Å². The lowest BCUT2D eigenvalue weighted by Crippen LogP contribution is -2.19. The molecule has 0 amide bonds. The predicted molar refractivity (Wildman–Crippen MR) is 115 cm³/mol. The summed E-state index contributed by atoms with van der Waals surface area (Å²) in [4.78, 5) is 23.7. The molecule has 4 aromatic rings. The molecule has 0 unspecified atom stereocenters. The van der Waals surface area contributed by atoms with Gasteiger partial charge >= 0.3 is 0 Å². The second-order valence-corrected chi connectivity index (χ2v) is 7.70. The van der Waals surface area contributed by atoms with Gasteiger partial charge in [0.15, 0.2) is 5.78 Å². The summed E-state index contributed by atoms with van der Waals surface area (Å²) in [6.45, 7) is 2.00. The monoisotopic (exact) mass is 398 g/mol. The van der Waals surface area contributed by atoms with E-state index in [0.717, 1.165) is 41.1 Å². The quantitative estimate of drug-likeness (QED) is 0.479. The number of nitrogens with zero attached hydrogens (tertiary/aromatic N) is 6. The van der Waals surface area contributed by atoms with Gasteiger partial charge in [-0.1, -0.05) is 6.07 Å². The maximum Gasteiger partial charge on any atom is 0.169 e. The minimum atomic E-state index is 0.0225. The number of ketones is 1. The zero-order valence-corrected chi connectivity index (χ0v) is 16.8. The molecule has 0 radical (unpaired) electrons. The molecule has 4 heterocycles. The lowest BCUT2D eigenvalue weighted by atomic mass is 10.0. The van der Waals surface area contributed by atoms with Crippen molar-refractivity contribution in [2.45, 2.75) is 19.3 Å². The molecule has 7 heteroatoms. The number of rotatable bonds is 5. The summed E-state index contributed by atoms with van der Waals surface area (Å²) < 4.78 is 1.97. The molecule has 7 nitrogen and oxygen atoms in total. The Kier molecular flexibility index (Phi) is 4.71. The molecule has 1 fully saturated rings. The Hall–Kier alpha value is -3.61. The van der Waals surface area contributed by atoms with Gasteiger partial charge in [0, 0.05) is 42.8 Å². The van der Waals surface area contributed by atoms with Crippen LogP contribution in [0.25, 0.3) is 22.2 Å². The van der Waals surface area contributed by atoms with Crippen molar-refractivity contribution in [3.8, 4) is 11.3 Å². The molecule has 30 heavy (non-hydrogen) atoms. The van der Waals surface area contributed by atoms with Crippen molar-refractivity contribution in [3.63, 3.8) is 0 Å². The highest BCUT2D eigenvalue weighted by molar-refractivity contribution is 5.98. The van der Waals surface area contributed by atoms with Gasteiger partial charge in [-0.05, 0) is 43.2 Å². The van der Waals surface area contributed by atoms with Crippen LogP contribution in [0.3, 0.4) is 0 Å². The molecule has 5 rings (SSSR count). The molecule has 0 aliphatic carbocycles. The fourth-order valence-corrected chi connectivity index (χ4v) is 3.95. The first-order valence-electron chi connectivity index (χ1n) is 10.1. The van der Waals surface area contributed by atoms with E-state index in [4.69, 9.17) is 0 Å². The Labute approximate surface area is 174 Å². The molecule has 1 saturated heterocycles. The highest BCUT2D eigenvalue weighted by Crippen LogP contribution is 2.24. The summed E-state index contributed by atoms with van der Waals surface area (Å²) in [5, 5.41) is 9.53. The third kappa shape index (κ3) is 3.54. The Balaban J connectivity index is 1.40. The molecule has 1 aliphatic heterocycles. The van der Waals surface area contributed by atoms with Crippen molar-refractivity contribution in [1.82, 2.24) is 24.7 Å². The number of carbonyl (C=O) groups excluding carboxylic acids is 1. The Morgan fingerprint density at radius 2 is 1.93 bits per heavy atom. The zero-order valence-electron chi connectivity index (χ0n) is 16.8. The first-order chi connectivity index (χ1) is 14.7. The molecule has 1 aromatic carbocycles. The highest BCUT2D eigenvalue weighted by Gasteiger charge is 2.16. The van der Waals surface area contributed by atoms with Crippen molar-refractivity contribution < 1.29 is 4.79 Å². The molecule has 0 spiro atoms. The van der Waals surface area contributed by atoms with Gasteiger partial charge in [0.1, 0.15) is 5.82 Å². The average molecular weight is 398 g/mol. The van der Waals surface area contributed by atoms with E-state index in [0.29, 0.717) is 11.3 Å². The normalized spacial score (nSPS) is 13.8. The number of aromatic nitrogens is 5. The fraction of sp³-hybridized carbons (Fsp3) is 0.261. The number of benzene rings is 1. The topological polar surface area (TPSA) is 76.8 Å². The molecular formula is C23H22N6O. The summed E-state index contributed by atoms with van der Waals surface area (Å²) in [5.41, 5.74) is 4.21. The van der Waals surface area contributed by atoms with Crippen LogP contribution in [0, 0.1) is 0 Å². The second-order valence-electron chi connectivity index (χ2n) is 7.70. The van der Waals surface area contributed by atoms with Crippen LogP contribution in [-0.2, 0) is 13.5 Å². The smallest absolute Gasteiger partial charge is 0.169 e. The lowest BCUT2D eigenvalue weighted by molar-refractivity contribution is 0.0991. The summed E-state index contributed by atoms with van der Waals surface area (Å²) >= 11 is 0. The maximum absolute atomic E-state index is 12.9. The van der Waals surface area contributed by atoms with Crippen LogP contribution in [0.4, 0.5) is 5.82 Å². The van der Waals surface area contributed by atoms with Gasteiger partial charge in [-0.3, -0.25) is 4.79 Å². The maximum atomic E-state index is 12.9. The van der Waals surface area contributed by atoms with E-state index >= 15 is 0 Å². The van der Waals surface area contributed by atoms with Crippen LogP contribution in [0.5, 0.6) is 0 Å². The zero-order chi connectivity index (χ0) is 20.5. The van der Waals surface area contributed by atoms with Crippen LogP contribution < -0.4 is 4.90 Å². The number of carbonyl (C=O) groups is 1. The van der Waals surface area contributed by atoms with E-state index in [1.165, 1.54) is 12.8 Å². The Morgan fingerprint density at radius 3 is 2.73 bits per heavy atom. The first-order valence-corrected chi connectivity index (χ1v) is 10.1. The Bertz CT molecular complexity index is 1230. The van der Waals surface area contributed by atoms with Gasteiger partial charge in [-0.25, -0.2) is 9.97 Å². The van der Waals surface area contributed by atoms with Crippen molar-refractivity contribution in [2.24, 2.45) is 7.05 Å². The third-order valence-electron chi connectivity index (χ3n) is 5.59.